The molecule has 5 heteroatoms. The van der Waals surface area contributed by atoms with E-state index >= 15 is 0 Å². The molecule has 1 aliphatic heterocycles. The smallest absolute Gasteiger partial charge is 0.224 e. The van der Waals surface area contributed by atoms with Gasteiger partial charge in [-0.2, -0.15) is 0 Å². The number of amides is 1. The highest BCUT2D eigenvalue weighted by atomic mass is 79.9. The van der Waals surface area contributed by atoms with E-state index in [-0.39, 0.29) is 11.6 Å². The molecule has 20 heavy (non-hydrogen) atoms. The third kappa shape index (κ3) is 4.28. The first-order valence-electron chi connectivity index (χ1n) is 7.02. The monoisotopic (exact) mass is 342 g/mol. The highest BCUT2D eigenvalue weighted by Gasteiger charge is 2.22. The van der Waals surface area contributed by atoms with E-state index in [2.05, 4.69) is 33.5 Å². The summed E-state index contributed by atoms with van der Waals surface area (Å²) in [4.78, 5) is 12.0. The number of carbonyl (C=O) groups excluding carboxylic acids is 1. The fraction of sp³-hybridized carbons (Fsp3) is 0.533. The van der Waals surface area contributed by atoms with E-state index in [1.807, 2.05) is 0 Å². The van der Waals surface area contributed by atoms with Crippen molar-refractivity contribution < 1.29 is 9.18 Å². The van der Waals surface area contributed by atoms with Crippen molar-refractivity contribution >= 4 is 27.5 Å². The van der Waals surface area contributed by atoms with Gasteiger partial charge in [-0.05, 0) is 56.0 Å². The Labute approximate surface area is 127 Å². The number of hydrogen-bond acceptors (Lipinski definition) is 2. The second-order valence-electron chi connectivity index (χ2n) is 5.44. The fourth-order valence-corrected chi connectivity index (χ4v) is 3.00. The minimum atomic E-state index is -0.415. The third-order valence-corrected chi connectivity index (χ3v) is 4.39. The lowest BCUT2D eigenvalue weighted by Gasteiger charge is -2.27. The summed E-state index contributed by atoms with van der Waals surface area (Å²) in [5.41, 5.74) is 0.246. The van der Waals surface area contributed by atoms with Gasteiger partial charge in [-0.25, -0.2) is 4.39 Å². The van der Waals surface area contributed by atoms with Crippen LogP contribution in [0.5, 0.6) is 0 Å². The van der Waals surface area contributed by atoms with Crippen LogP contribution in [0.4, 0.5) is 10.1 Å². The predicted molar refractivity (Wildman–Crippen MR) is 82.1 cm³/mol. The average Bonchev–Trinajstić information content (AvgIpc) is 2.43. The van der Waals surface area contributed by atoms with Gasteiger partial charge in [0.05, 0.1) is 5.69 Å². The lowest BCUT2D eigenvalue weighted by Crippen LogP contribution is -2.32. The average molecular weight is 343 g/mol. The second kappa shape index (κ2) is 7.18. The predicted octanol–water partition coefficient (Wildman–Crippen LogP) is 3.55. The molecule has 0 spiro atoms. The van der Waals surface area contributed by atoms with Crippen LogP contribution < -0.4 is 10.6 Å². The number of piperidine rings is 1. The molecule has 0 aliphatic carbocycles. The Balaban J connectivity index is 1.88. The first-order chi connectivity index (χ1) is 9.56. The van der Waals surface area contributed by atoms with Crippen LogP contribution in [0.2, 0.25) is 0 Å². The van der Waals surface area contributed by atoms with Gasteiger partial charge in [-0.1, -0.05) is 22.9 Å². The molecule has 1 atom stereocenters. The van der Waals surface area contributed by atoms with Crippen LogP contribution >= 0.6 is 15.9 Å². The molecule has 0 saturated carbocycles. The van der Waals surface area contributed by atoms with E-state index < -0.39 is 5.82 Å². The van der Waals surface area contributed by atoms with E-state index in [0.717, 1.165) is 25.9 Å². The zero-order valence-electron chi connectivity index (χ0n) is 11.6. The number of nitrogens with one attached hydrogen (secondary N) is 2. The van der Waals surface area contributed by atoms with Crippen LogP contribution in [0.1, 0.15) is 26.2 Å². The molecule has 1 aromatic rings. The molecule has 2 N–H and O–H groups in total. The highest BCUT2D eigenvalue weighted by molar-refractivity contribution is 9.10. The zero-order valence-corrected chi connectivity index (χ0v) is 13.2. The molecule has 1 aliphatic rings. The molecule has 1 fully saturated rings. The molecule has 1 amide bonds. The second-order valence-corrected chi connectivity index (χ2v) is 6.36. The molecule has 0 aromatic heterocycles. The zero-order chi connectivity index (χ0) is 14.5. The first kappa shape index (κ1) is 15.4. The Morgan fingerprint density at radius 2 is 2.20 bits per heavy atom. The lowest BCUT2D eigenvalue weighted by atomic mass is 9.84. The SMILES string of the molecule is CC(CC(=O)Nc1ccc(Br)cc1F)C1CCNCC1. The van der Waals surface area contributed by atoms with Crippen LogP contribution in [-0.2, 0) is 4.79 Å². The molecular formula is C15H20BrFN2O. The maximum absolute atomic E-state index is 13.6. The van der Waals surface area contributed by atoms with Crippen molar-refractivity contribution in [1.29, 1.82) is 0 Å². The minimum Gasteiger partial charge on any atom is -0.324 e. The van der Waals surface area contributed by atoms with E-state index in [1.54, 1.807) is 12.1 Å². The maximum Gasteiger partial charge on any atom is 0.224 e. The minimum absolute atomic E-state index is 0.114. The topological polar surface area (TPSA) is 41.1 Å². The summed E-state index contributed by atoms with van der Waals surface area (Å²) in [5.74, 6) is 0.381. The van der Waals surface area contributed by atoms with Gasteiger partial charge in [0.2, 0.25) is 5.91 Å². The Morgan fingerprint density at radius 3 is 2.85 bits per heavy atom. The van der Waals surface area contributed by atoms with Crippen molar-refractivity contribution in [1.82, 2.24) is 5.32 Å². The quantitative estimate of drug-likeness (QED) is 0.878. The molecule has 1 saturated heterocycles. The largest absolute Gasteiger partial charge is 0.324 e. The Kier molecular flexibility index (Phi) is 5.54. The number of carbonyl (C=O) groups is 1. The van der Waals surface area contributed by atoms with Crippen LogP contribution in [0.15, 0.2) is 22.7 Å². The Hall–Kier alpha value is -0.940. The summed E-state index contributed by atoms with van der Waals surface area (Å²) in [5, 5.41) is 5.98. The van der Waals surface area contributed by atoms with Gasteiger partial charge >= 0.3 is 0 Å². The van der Waals surface area contributed by atoms with Gasteiger partial charge in [0.25, 0.3) is 0 Å². The molecular weight excluding hydrogens is 323 g/mol. The molecule has 0 bridgehead atoms. The van der Waals surface area contributed by atoms with Gasteiger partial charge in [-0.3, -0.25) is 4.79 Å². The molecule has 0 radical (unpaired) electrons. The van der Waals surface area contributed by atoms with Gasteiger partial charge in [0.15, 0.2) is 0 Å². The summed E-state index contributed by atoms with van der Waals surface area (Å²) in [6.45, 7) is 4.16. The highest BCUT2D eigenvalue weighted by Crippen LogP contribution is 2.25. The van der Waals surface area contributed by atoms with Crippen LogP contribution in [0, 0.1) is 17.7 Å². The van der Waals surface area contributed by atoms with Gasteiger partial charge in [-0.15, -0.1) is 0 Å². The van der Waals surface area contributed by atoms with Crippen molar-refractivity contribution in [3.63, 3.8) is 0 Å². The lowest BCUT2D eigenvalue weighted by molar-refractivity contribution is -0.117. The molecule has 1 unspecified atom stereocenters. The van der Waals surface area contributed by atoms with Crippen LogP contribution in [0.25, 0.3) is 0 Å². The molecule has 1 aromatic carbocycles. The number of benzene rings is 1. The Bertz CT molecular complexity index is 475. The van der Waals surface area contributed by atoms with Gasteiger partial charge in [0, 0.05) is 10.9 Å². The van der Waals surface area contributed by atoms with Crippen LogP contribution in [-0.4, -0.2) is 19.0 Å². The molecule has 1 heterocycles. The van der Waals surface area contributed by atoms with Crippen molar-refractivity contribution in [2.24, 2.45) is 11.8 Å². The van der Waals surface area contributed by atoms with Crippen molar-refractivity contribution in [3.05, 3.63) is 28.5 Å². The summed E-state index contributed by atoms with van der Waals surface area (Å²) in [7, 11) is 0. The van der Waals surface area contributed by atoms with Crippen molar-refractivity contribution in [3.8, 4) is 0 Å². The summed E-state index contributed by atoms with van der Waals surface area (Å²) in [6.07, 6.45) is 2.67. The van der Waals surface area contributed by atoms with Gasteiger partial charge in [0.1, 0.15) is 5.82 Å². The van der Waals surface area contributed by atoms with E-state index in [4.69, 9.17) is 0 Å². The molecule has 2 rings (SSSR count). The standard InChI is InChI=1S/C15H20BrFN2O/c1-10(11-4-6-18-7-5-11)8-15(20)19-14-3-2-12(16)9-13(14)17/h2-3,9-11,18H,4-8H2,1H3,(H,19,20). The van der Waals surface area contributed by atoms with Crippen molar-refractivity contribution in [2.45, 2.75) is 26.2 Å². The van der Waals surface area contributed by atoms with Crippen LogP contribution in [0.3, 0.4) is 0 Å². The summed E-state index contributed by atoms with van der Waals surface area (Å²) >= 11 is 3.20. The molecule has 3 nitrogen and oxygen atoms in total. The maximum atomic E-state index is 13.6. The van der Waals surface area contributed by atoms with E-state index in [0.29, 0.717) is 22.7 Å². The Morgan fingerprint density at radius 1 is 1.50 bits per heavy atom. The van der Waals surface area contributed by atoms with Gasteiger partial charge < -0.3 is 10.6 Å². The number of halogens is 2. The number of rotatable bonds is 4. The summed E-state index contributed by atoms with van der Waals surface area (Å²) < 4.78 is 14.3. The van der Waals surface area contributed by atoms with Crippen molar-refractivity contribution in [2.75, 3.05) is 18.4 Å². The van der Waals surface area contributed by atoms with E-state index in [9.17, 15) is 9.18 Å². The normalized spacial score (nSPS) is 17.8. The van der Waals surface area contributed by atoms with E-state index in [1.165, 1.54) is 6.07 Å². The number of hydrogen-bond donors (Lipinski definition) is 2. The first-order valence-corrected chi connectivity index (χ1v) is 7.81. The molecule has 110 valence electrons. The number of anilines is 1. The third-order valence-electron chi connectivity index (χ3n) is 3.90. The summed E-state index contributed by atoms with van der Waals surface area (Å²) in [6, 6.07) is 4.65. The fourth-order valence-electron chi connectivity index (χ4n) is 2.66.